The molecule has 3 heteroatoms. The zero-order chi connectivity index (χ0) is 13.0. The van der Waals surface area contributed by atoms with Crippen LogP contribution in [0.3, 0.4) is 0 Å². The molecule has 2 unspecified atom stereocenters. The van der Waals surface area contributed by atoms with Crippen LogP contribution >= 0.6 is 15.9 Å². The summed E-state index contributed by atoms with van der Waals surface area (Å²) in [4.78, 5) is 4.51. The van der Waals surface area contributed by atoms with E-state index in [2.05, 4.69) is 40.0 Å². The van der Waals surface area contributed by atoms with Crippen molar-refractivity contribution < 1.29 is 0 Å². The van der Waals surface area contributed by atoms with Gasteiger partial charge in [0.05, 0.1) is 0 Å². The van der Waals surface area contributed by atoms with Crippen LogP contribution in [-0.4, -0.2) is 11.5 Å². The first kappa shape index (κ1) is 14.0. The quantitative estimate of drug-likeness (QED) is 0.915. The van der Waals surface area contributed by atoms with Gasteiger partial charge in [0.1, 0.15) is 0 Å². The van der Waals surface area contributed by atoms with Gasteiger partial charge < -0.3 is 5.73 Å². The molecule has 2 atom stereocenters. The molecular weight excluding hydrogens is 288 g/mol. The van der Waals surface area contributed by atoms with Crippen molar-refractivity contribution in [1.29, 1.82) is 0 Å². The highest BCUT2D eigenvalue weighted by Gasteiger charge is 2.35. The summed E-state index contributed by atoms with van der Waals surface area (Å²) in [7, 11) is 0. The first-order valence-electron chi connectivity index (χ1n) is 6.98. The van der Waals surface area contributed by atoms with Gasteiger partial charge in [-0.2, -0.15) is 0 Å². The lowest BCUT2D eigenvalue weighted by atomic mass is 9.66. The molecule has 2 N–H and O–H groups in total. The lowest BCUT2D eigenvalue weighted by Gasteiger charge is -2.40. The highest BCUT2D eigenvalue weighted by Crippen LogP contribution is 2.42. The zero-order valence-electron chi connectivity index (χ0n) is 11.2. The third kappa shape index (κ3) is 3.33. The average Bonchev–Trinajstić information content (AvgIpc) is 2.42. The second-order valence-electron chi connectivity index (χ2n) is 5.72. The molecule has 18 heavy (non-hydrogen) atoms. The molecule has 0 aliphatic heterocycles. The van der Waals surface area contributed by atoms with Crippen molar-refractivity contribution in [3.63, 3.8) is 0 Å². The van der Waals surface area contributed by atoms with Crippen LogP contribution in [0.1, 0.15) is 44.7 Å². The van der Waals surface area contributed by atoms with Crippen LogP contribution in [0, 0.1) is 11.3 Å². The summed E-state index contributed by atoms with van der Waals surface area (Å²) in [5.74, 6) is 0.859. The Morgan fingerprint density at radius 1 is 1.50 bits per heavy atom. The molecule has 1 aromatic rings. The maximum atomic E-state index is 6.10. The number of aromatic nitrogens is 1. The monoisotopic (exact) mass is 310 g/mol. The molecule has 2 nitrogen and oxygen atoms in total. The molecule has 1 fully saturated rings. The van der Waals surface area contributed by atoms with Gasteiger partial charge >= 0.3 is 0 Å². The molecule has 1 saturated carbocycles. The Kier molecular flexibility index (Phi) is 4.79. The number of nitrogens with zero attached hydrogens (tertiary/aromatic N) is 1. The summed E-state index contributed by atoms with van der Waals surface area (Å²) in [5.41, 5.74) is 7.57. The molecule has 0 radical (unpaired) electrons. The molecule has 1 aliphatic rings. The standard InChI is InChI=1S/C15H23BrN2/c1-2-12-4-3-7-15(8-12,11-17)9-14-6-5-13(16)10-18-14/h5-6,10,12H,2-4,7-9,11,17H2,1H3. The van der Waals surface area contributed by atoms with Crippen LogP contribution in [0.4, 0.5) is 0 Å². The van der Waals surface area contributed by atoms with E-state index in [9.17, 15) is 0 Å². The van der Waals surface area contributed by atoms with Crippen LogP contribution in [0.15, 0.2) is 22.8 Å². The number of rotatable bonds is 4. The largest absolute Gasteiger partial charge is 0.330 e. The van der Waals surface area contributed by atoms with E-state index in [1.54, 1.807) is 0 Å². The molecule has 0 bridgehead atoms. The van der Waals surface area contributed by atoms with Crippen molar-refractivity contribution in [2.45, 2.75) is 45.4 Å². The molecule has 0 spiro atoms. The van der Waals surface area contributed by atoms with E-state index in [1.807, 2.05) is 6.20 Å². The van der Waals surface area contributed by atoms with Gasteiger partial charge in [-0.3, -0.25) is 4.98 Å². The van der Waals surface area contributed by atoms with E-state index >= 15 is 0 Å². The summed E-state index contributed by atoms with van der Waals surface area (Å²) in [6.45, 7) is 3.09. The summed E-state index contributed by atoms with van der Waals surface area (Å²) in [6.07, 6.45) is 9.45. The van der Waals surface area contributed by atoms with E-state index in [4.69, 9.17) is 5.73 Å². The number of pyridine rings is 1. The van der Waals surface area contributed by atoms with Crippen molar-refractivity contribution in [3.8, 4) is 0 Å². The smallest absolute Gasteiger partial charge is 0.0413 e. The minimum absolute atomic E-state index is 0.291. The van der Waals surface area contributed by atoms with Crippen LogP contribution in [0.25, 0.3) is 0 Å². The predicted molar refractivity (Wildman–Crippen MR) is 79.4 cm³/mol. The number of halogens is 1. The van der Waals surface area contributed by atoms with E-state index < -0.39 is 0 Å². The van der Waals surface area contributed by atoms with Gasteiger partial charge in [0.15, 0.2) is 0 Å². The van der Waals surface area contributed by atoms with Gasteiger partial charge in [-0.1, -0.05) is 26.2 Å². The van der Waals surface area contributed by atoms with Crippen LogP contribution in [0.2, 0.25) is 0 Å². The molecular formula is C15H23BrN2. The number of hydrogen-bond acceptors (Lipinski definition) is 2. The normalized spacial score (nSPS) is 28.3. The van der Waals surface area contributed by atoms with Crippen molar-refractivity contribution in [2.24, 2.45) is 17.1 Å². The zero-order valence-corrected chi connectivity index (χ0v) is 12.7. The molecule has 100 valence electrons. The first-order chi connectivity index (χ1) is 8.67. The third-order valence-corrected chi connectivity index (χ3v) is 4.87. The third-order valence-electron chi connectivity index (χ3n) is 4.40. The Morgan fingerprint density at radius 2 is 2.33 bits per heavy atom. The molecule has 0 amide bonds. The maximum Gasteiger partial charge on any atom is 0.0413 e. The second-order valence-corrected chi connectivity index (χ2v) is 6.63. The molecule has 0 saturated heterocycles. The number of nitrogens with two attached hydrogens (primary N) is 1. The van der Waals surface area contributed by atoms with Crippen molar-refractivity contribution in [1.82, 2.24) is 4.98 Å². The number of hydrogen-bond donors (Lipinski definition) is 1. The molecule has 2 rings (SSSR count). The Morgan fingerprint density at radius 3 is 2.94 bits per heavy atom. The van der Waals surface area contributed by atoms with Gasteiger partial charge in [-0.15, -0.1) is 0 Å². The average molecular weight is 311 g/mol. The van der Waals surface area contributed by atoms with Gasteiger partial charge in [0.25, 0.3) is 0 Å². The Labute approximate surface area is 119 Å². The maximum absolute atomic E-state index is 6.10. The summed E-state index contributed by atoms with van der Waals surface area (Å²) >= 11 is 3.43. The van der Waals surface area contributed by atoms with E-state index in [1.165, 1.54) is 37.8 Å². The summed E-state index contributed by atoms with van der Waals surface area (Å²) < 4.78 is 1.04. The predicted octanol–water partition coefficient (Wildman–Crippen LogP) is 3.93. The van der Waals surface area contributed by atoms with Crippen molar-refractivity contribution >= 4 is 15.9 Å². The first-order valence-corrected chi connectivity index (χ1v) is 7.77. The van der Waals surface area contributed by atoms with Crippen LogP contribution in [-0.2, 0) is 6.42 Å². The highest BCUT2D eigenvalue weighted by molar-refractivity contribution is 9.10. The van der Waals surface area contributed by atoms with Crippen LogP contribution < -0.4 is 5.73 Å². The minimum Gasteiger partial charge on any atom is -0.330 e. The fourth-order valence-corrected chi connectivity index (χ4v) is 3.48. The fraction of sp³-hybridized carbons (Fsp3) is 0.667. The molecule has 1 aliphatic carbocycles. The fourth-order valence-electron chi connectivity index (χ4n) is 3.24. The SMILES string of the molecule is CCC1CCCC(CN)(Cc2ccc(Br)cn2)C1. The van der Waals surface area contributed by atoms with Crippen LogP contribution in [0.5, 0.6) is 0 Å². The molecule has 1 heterocycles. The Hall–Kier alpha value is -0.410. The van der Waals surface area contributed by atoms with Crippen molar-refractivity contribution in [3.05, 3.63) is 28.5 Å². The summed E-state index contributed by atoms with van der Waals surface area (Å²) in [5, 5.41) is 0. The lowest BCUT2D eigenvalue weighted by molar-refractivity contribution is 0.141. The minimum atomic E-state index is 0.291. The Bertz CT molecular complexity index is 377. The summed E-state index contributed by atoms with van der Waals surface area (Å²) in [6, 6.07) is 4.20. The topological polar surface area (TPSA) is 38.9 Å². The lowest BCUT2D eigenvalue weighted by Crippen LogP contribution is -2.38. The second kappa shape index (κ2) is 6.16. The van der Waals surface area contributed by atoms with Gasteiger partial charge in [0, 0.05) is 16.4 Å². The van der Waals surface area contributed by atoms with Gasteiger partial charge in [0.2, 0.25) is 0 Å². The Balaban J connectivity index is 2.09. The van der Waals surface area contributed by atoms with Gasteiger partial charge in [-0.25, -0.2) is 0 Å². The van der Waals surface area contributed by atoms with Crippen molar-refractivity contribution in [2.75, 3.05) is 6.54 Å². The highest BCUT2D eigenvalue weighted by atomic mass is 79.9. The van der Waals surface area contributed by atoms with E-state index in [0.717, 1.165) is 23.4 Å². The van der Waals surface area contributed by atoms with E-state index in [0.29, 0.717) is 5.41 Å². The molecule has 0 aromatic carbocycles. The van der Waals surface area contributed by atoms with Gasteiger partial charge in [-0.05, 0) is 65.2 Å². The van der Waals surface area contributed by atoms with E-state index in [-0.39, 0.29) is 0 Å². The molecule has 1 aromatic heterocycles.